The molecule has 0 aliphatic heterocycles. The van der Waals surface area contributed by atoms with Gasteiger partial charge in [0.25, 0.3) is 5.91 Å². The minimum atomic E-state index is -0.593. The number of carbonyl (C=O) groups is 2. The molecule has 0 saturated heterocycles. The number of ether oxygens (including phenoxy) is 2. The Labute approximate surface area is 129 Å². The van der Waals surface area contributed by atoms with Crippen LogP contribution in [-0.2, 0) is 14.3 Å². The average molecular weight is 314 g/mol. The van der Waals surface area contributed by atoms with Crippen LogP contribution in [-0.4, -0.2) is 31.6 Å². The lowest BCUT2D eigenvalue weighted by molar-refractivity contribution is -0.150. The maximum absolute atomic E-state index is 11.5. The van der Waals surface area contributed by atoms with Gasteiger partial charge in [-0.1, -0.05) is 25.4 Å². The van der Waals surface area contributed by atoms with Gasteiger partial charge in [-0.15, -0.1) is 0 Å². The molecule has 21 heavy (non-hydrogen) atoms. The predicted octanol–water partition coefficient (Wildman–Crippen LogP) is 2.34. The van der Waals surface area contributed by atoms with Crippen molar-refractivity contribution >= 4 is 23.5 Å². The fourth-order valence-corrected chi connectivity index (χ4v) is 1.69. The second-order valence-corrected chi connectivity index (χ2v) is 5.49. The Morgan fingerprint density at radius 1 is 1.29 bits per heavy atom. The van der Waals surface area contributed by atoms with E-state index < -0.39 is 5.97 Å². The van der Waals surface area contributed by atoms with Crippen molar-refractivity contribution in [1.29, 1.82) is 0 Å². The van der Waals surface area contributed by atoms with Gasteiger partial charge in [-0.25, -0.2) is 4.79 Å². The fourth-order valence-electron chi connectivity index (χ4n) is 1.47. The summed E-state index contributed by atoms with van der Waals surface area (Å²) >= 11 is 5.82. The minimum Gasteiger partial charge on any atom is -0.482 e. The summed E-state index contributed by atoms with van der Waals surface area (Å²) in [6, 6.07) is 5.09. The van der Waals surface area contributed by atoms with Crippen molar-refractivity contribution in [2.45, 2.75) is 20.8 Å². The van der Waals surface area contributed by atoms with Crippen LogP contribution in [0.4, 0.5) is 0 Å². The number of nitrogens with one attached hydrogen (secondary N) is 1. The molecule has 0 atom stereocenters. The Bertz CT molecular complexity index is 502. The zero-order valence-corrected chi connectivity index (χ0v) is 13.2. The van der Waals surface area contributed by atoms with E-state index in [1.807, 2.05) is 20.8 Å². The van der Waals surface area contributed by atoms with Gasteiger partial charge in [0, 0.05) is 11.6 Å². The second kappa shape index (κ2) is 8.52. The van der Waals surface area contributed by atoms with Crippen LogP contribution in [0.5, 0.6) is 5.75 Å². The van der Waals surface area contributed by atoms with Crippen molar-refractivity contribution in [3.63, 3.8) is 0 Å². The van der Waals surface area contributed by atoms with Gasteiger partial charge >= 0.3 is 5.97 Å². The van der Waals surface area contributed by atoms with Crippen LogP contribution < -0.4 is 10.1 Å². The molecule has 1 rings (SSSR count). The van der Waals surface area contributed by atoms with Gasteiger partial charge < -0.3 is 14.8 Å². The predicted molar refractivity (Wildman–Crippen MR) is 80.5 cm³/mol. The smallest absolute Gasteiger partial charge is 0.344 e. The molecule has 0 spiro atoms. The number of halogens is 1. The number of hydrogen-bond acceptors (Lipinski definition) is 4. The van der Waals surface area contributed by atoms with Crippen LogP contribution >= 0.6 is 11.6 Å². The normalized spacial score (nSPS) is 10.3. The highest BCUT2D eigenvalue weighted by Crippen LogP contribution is 2.21. The minimum absolute atomic E-state index is 0.250. The molecule has 0 saturated carbocycles. The standard InChI is InChI=1S/C15H20ClNO4/c1-10(2)7-17-14(18)8-21-15(19)9-20-13-5-4-12(16)6-11(13)3/h4-6,10H,7-9H2,1-3H3,(H,17,18). The van der Waals surface area contributed by atoms with E-state index in [1.54, 1.807) is 18.2 Å². The van der Waals surface area contributed by atoms with Gasteiger partial charge in [0.2, 0.25) is 0 Å². The molecule has 0 bridgehead atoms. The number of carbonyl (C=O) groups excluding carboxylic acids is 2. The van der Waals surface area contributed by atoms with Gasteiger partial charge in [-0.05, 0) is 36.6 Å². The van der Waals surface area contributed by atoms with Crippen LogP contribution in [0, 0.1) is 12.8 Å². The monoisotopic (exact) mass is 313 g/mol. The molecule has 0 radical (unpaired) electrons. The Hall–Kier alpha value is -1.75. The Kier molecular flexibility index (Phi) is 7.02. The highest BCUT2D eigenvalue weighted by atomic mass is 35.5. The number of hydrogen-bond donors (Lipinski definition) is 1. The van der Waals surface area contributed by atoms with Crippen molar-refractivity contribution in [1.82, 2.24) is 5.32 Å². The maximum atomic E-state index is 11.5. The molecule has 0 aliphatic carbocycles. The molecular weight excluding hydrogens is 294 g/mol. The Morgan fingerprint density at radius 3 is 2.62 bits per heavy atom. The summed E-state index contributed by atoms with van der Waals surface area (Å²) in [7, 11) is 0. The number of benzene rings is 1. The van der Waals surface area contributed by atoms with Gasteiger partial charge in [-0.2, -0.15) is 0 Å². The molecule has 1 N–H and O–H groups in total. The van der Waals surface area contributed by atoms with Crippen LogP contribution in [0.25, 0.3) is 0 Å². The lowest BCUT2D eigenvalue weighted by atomic mass is 10.2. The van der Waals surface area contributed by atoms with Gasteiger partial charge in [0.05, 0.1) is 0 Å². The van der Waals surface area contributed by atoms with E-state index in [2.05, 4.69) is 5.32 Å². The third kappa shape index (κ3) is 6.99. The number of rotatable bonds is 7. The third-order valence-electron chi connectivity index (χ3n) is 2.55. The van der Waals surface area contributed by atoms with Gasteiger partial charge in [0.1, 0.15) is 5.75 Å². The average Bonchev–Trinajstić information content (AvgIpc) is 2.41. The van der Waals surface area contributed by atoms with Gasteiger partial charge in [-0.3, -0.25) is 4.79 Å². The third-order valence-corrected chi connectivity index (χ3v) is 2.79. The second-order valence-electron chi connectivity index (χ2n) is 5.06. The van der Waals surface area contributed by atoms with Crippen molar-refractivity contribution in [3.8, 4) is 5.75 Å². The number of esters is 1. The van der Waals surface area contributed by atoms with Crippen LogP contribution in [0.1, 0.15) is 19.4 Å². The highest BCUT2D eigenvalue weighted by molar-refractivity contribution is 6.30. The summed E-state index contributed by atoms with van der Waals surface area (Å²) in [5.41, 5.74) is 0.824. The van der Waals surface area contributed by atoms with Crippen LogP contribution in [0.2, 0.25) is 5.02 Å². The van der Waals surface area contributed by atoms with Crippen molar-refractivity contribution < 1.29 is 19.1 Å². The summed E-state index contributed by atoms with van der Waals surface area (Å²) in [5.74, 6) is -0.00903. The lowest BCUT2D eigenvalue weighted by Gasteiger charge is -2.10. The highest BCUT2D eigenvalue weighted by Gasteiger charge is 2.09. The molecule has 6 heteroatoms. The molecule has 0 aliphatic rings. The summed E-state index contributed by atoms with van der Waals surface area (Å²) in [6.07, 6.45) is 0. The zero-order valence-electron chi connectivity index (χ0n) is 12.4. The summed E-state index contributed by atoms with van der Waals surface area (Å²) in [4.78, 5) is 22.9. The first-order valence-corrected chi connectivity index (χ1v) is 7.07. The molecule has 5 nitrogen and oxygen atoms in total. The van der Waals surface area contributed by atoms with E-state index in [-0.39, 0.29) is 19.1 Å². The van der Waals surface area contributed by atoms with Crippen molar-refractivity contribution in [2.75, 3.05) is 19.8 Å². The number of amides is 1. The molecule has 0 aromatic heterocycles. The van der Waals surface area contributed by atoms with E-state index in [0.717, 1.165) is 5.56 Å². The first-order chi connectivity index (χ1) is 9.88. The number of aryl methyl sites for hydroxylation is 1. The molecule has 1 aromatic rings. The first kappa shape index (κ1) is 17.3. The van der Waals surface area contributed by atoms with E-state index in [4.69, 9.17) is 21.1 Å². The molecule has 116 valence electrons. The van der Waals surface area contributed by atoms with E-state index in [9.17, 15) is 9.59 Å². The summed E-state index contributed by atoms with van der Waals surface area (Å²) in [6.45, 7) is 5.79. The van der Waals surface area contributed by atoms with Crippen LogP contribution in [0.15, 0.2) is 18.2 Å². The molecule has 0 fully saturated rings. The first-order valence-electron chi connectivity index (χ1n) is 6.69. The summed E-state index contributed by atoms with van der Waals surface area (Å²) in [5, 5.41) is 3.26. The maximum Gasteiger partial charge on any atom is 0.344 e. The SMILES string of the molecule is Cc1cc(Cl)ccc1OCC(=O)OCC(=O)NCC(C)C. The summed E-state index contributed by atoms with van der Waals surface area (Å²) < 4.78 is 10.1. The molecule has 0 unspecified atom stereocenters. The topological polar surface area (TPSA) is 64.6 Å². The van der Waals surface area contributed by atoms with Crippen molar-refractivity contribution in [2.24, 2.45) is 5.92 Å². The molecule has 1 amide bonds. The Balaban J connectivity index is 2.29. The Morgan fingerprint density at radius 2 is 2.00 bits per heavy atom. The zero-order chi connectivity index (χ0) is 15.8. The van der Waals surface area contributed by atoms with Crippen LogP contribution in [0.3, 0.4) is 0 Å². The van der Waals surface area contributed by atoms with Gasteiger partial charge in [0.15, 0.2) is 13.2 Å². The lowest BCUT2D eigenvalue weighted by Crippen LogP contribution is -2.32. The molecular formula is C15H20ClNO4. The van der Waals surface area contributed by atoms with E-state index in [1.165, 1.54) is 0 Å². The molecule has 0 heterocycles. The fraction of sp³-hybridized carbons (Fsp3) is 0.467. The largest absolute Gasteiger partial charge is 0.482 e. The van der Waals surface area contributed by atoms with Crippen molar-refractivity contribution in [3.05, 3.63) is 28.8 Å². The quantitative estimate of drug-likeness (QED) is 0.785. The van der Waals surface area contributed by atoms with E-state index in [0.29, 0.717) is 23.2 Å². The molecule has 1 aromatic carbocycles. The van der Waals surface area contributed by atoms with E-state index >= 15 is 0 Å².